The minimum atomic E-state index is 0.396. The fourth-order valence-corrected chi connectivity index (χ4v) is 2.45. The average Bonchev–Trinajstić information content (AvgIpc) is 2.63. The lowest BCUT2D eigenvalue weighted by Gasteiger charge is -1.95. The molecule has 0 aliphatic rings. The minimum Gasteiger partial charge on any atom is -0.454 e. The van der Waals surface area contributed by atoms with E-state index in [2.05, 4.69) is 0 Å². The molecule has 0 saturated heterocycles. The monoisotopic (exact) mass is 304 g/mol. The van der Waals surface area contributed by atoms with Crippen molar-refractivity contribution in [2.45, 2.75) is 0 Å². The predicted molar refractivity (Wildman–Crippen MR) is 73.8 cm³/mol. The minimum absolute atomic E-state index is 0.396. The molecule has 0 radical (unpaired) electrons. The third-order valence-electron chi connectivity index (χ3n) is 2.57. The maximum Gasteiger partial charge on any atom is 0.155 e. The molecule has 86 valence electrons. The van der Waals surface area contributed by atoms with Crippen LogP contribution in [0.15, 0.2) is 28.7 Å². The largest absolute Gasteiger partial charge is 0.454 e. The molecular formula is C12H4Cl4O. The van der Waals surface area contributed by atoms with Crippen molar-refractivity contribution in [1.82, 2.24) is 0 Å². The molecule has 0 atom stereocenters. The molecule has 1 aromatic heterocycles. The van der Waals surface area contributed by atoms with Crippen molar-refractivity contribution >= 4 is 68.3 Å². The Morgan fingerprint density at radius 2 is 1.47 bits per heavy atom. The summed E-state index contributed by atoms with van der Waals surface area (Å²) in [4.78, 5) is 0. The van der Waals surface area contributed by atoms with Gasteiger partial charge in [0, 0.05) is 16.8 Å². The summed E-state index contributed by atoms with van der Waals surface area (Å²) in [7, 11) is 0. The number of rotatable bonds is 0. The van der Waals surface area contributed by atoms with Crippen LogP contribution in [0.3, 0.4) is 0 Å². The number of benzene rings is 2. The molecule has 0 saturated carbocycles. The maximum absolute atomic E-state index is 6.09. The summed E-state index contributed by atoms with van der Waals surface area (Å²) in [6.07, 6.45) is 0. The maximum atomic E-state index is 6.09. The van der Waals surface area contributed by atoms with Gasteiger partial charge in [-0.15, -0.1) is 0 Å². The number of hydrogen-bond donors (Lipinski definition) is 0. The zero-order chi connectivity index (χ0) is 12.2. The Bertz CT molecular complexity index is 745. The number of fused-ring (bicyclic) bond motifs is 3. The molecule has 0 aliphatic carbocycles. The van der Waals surface area contributed by atoms with E-state index in [1.165, 1.54) is 0 Å². The molecular weight excluding hydrogens is 302 g/mol. The normalized spacial score (nSPS) is 11.5. The zero-order valence-corrected chi connectivity index (χ0v) is 11.3. The van der Waals surface area contributed by atoms with E-state index in [1.807, 2.05) is 6.07 Å². The van der Waals surface area contributed by atoms with Crippen molar-refractivity contribution in [2.24, 2.45) is 0 Å². The molecule has 0 unspecified atom stereocenters. The quantitative estimate of drug-likeness (QED) is 0.482. The van der Waals surface area contributed by atoms with Crippen molar-refractivity contribution in [3.05, 3.63) is 44.4 Å². The zero-order valence-electron chi connectivity index (χ0n) is 8.23. The highest BCUT2D eigenvalue weighted by Crippen LogP contribution is 2.39. The second-order valence-electron chi connectivity index (χ2n) is 3.60. The van der Waals surface area contributed by atoms with Crippen LogP contribution in [0.4, 0.5) is 0 Å². The Balaban J connectivity index is 2.54. The Hall–Kier alpha value is -0.600. The van der Waals surface area contributed by atoms with Gasteiger partial charge in [0.2, 0.25) is 0 Å². The first-order valence-corrected chi connectivity index (χ1v) is 6.24. The summed E-state index contributed by atoms with van der Waals surface area (Å²) < 4.78 is 5.64. The van der Waals surface area contributed by atoms with E-state index in [4.69, 9.17) is 50.8 Å². The van der Waals surface area contributed by atoms with Crippen LogP contribution in [0.2, 0.25) is 20.1 Å². The van der Waals surface area contributed by atoms with Crippen molar-refractivity contribution < 1.29 is 4.42 Å². The van der Waals surface area contributed by atoms with E-state index in [-0.39, 0.29) is 0 Å². The molecule has 1 heterocycles. The van der Waals surface area contributed by atoms with Crippen LogP contribution in [-0.4, -0.2) is 0 Å². The summed E-state index contributed by atoms with van der Waals surface area (Å²) in [5.41, 5.74) is 1.19. The Morgan fingerprint density at radius 1 is 0.765 bits per heavy atom. The first kappa shape index (κ1) is 11.5. The lowest BCUT2D eigenvalue weighted by molar-refractivity contribution is 0.669. The van der Waals surface area contributed by atoms with Crippen molar-refractivity contribution in [3.63, 3.8) is 0 Å². The standard InChI is InChI=1S/C12H4Cl4O/c13-7-2-1-5-6-3-8(14)9(15)4-10(6)17-12(5)11(7)16/h1-4H. The first-order valence-electron chi connectivity index (χ1n) is 4.73. The highest BCUT2D eigenvalue weighted by atomic mass is 35.5. The summed E-state index contributed by atoms with van der Waals surface area (Å²) in [5, 5.41) is 3.51. The van der Waals surface area contributed by atoms with Gasteiger partial charge < -0.3 is 4.42 Å². The van der Waals surface area contributed by atoms with E-state index in [1.54, 1.807) is 18.2 Å². The molecule has 17 heavy (non-hydrogen) atoms. The molecule has 3 rings (SSSR count). The summed E-state index contributed by atoms with van der Waals surface area (Å²) in [6, 6.07) is 7.00. The molecule has 0 amide bonds. The summed E-state index contributed by atoms with van der Waals surface area (Å²) in [6.45, 7) is 0. The molecule has 0 fully saturated rings. The Morgan fingerprint density at radius 3 is 2.24 bits per heavy atom. The highest BCUT2D eigenvalue weighted by molar-refractivity contribution is 6.46. The highest BCUT2D eigenvalue weighted by Gasteiger charge is 2.14. The fraction of sp³-hybridized carbons (Fsp3) is 0. The van der Waals surface area contributed by atoms with Crippen molar-refractivity contribution in [2.75, 3.05) is 0 Å². The van der Waals surface area contributed by atoms with E-state index < -0.39 is 0 Å². The molecule has 0 aliphatic heterocycles. The van der Waals surface area contributed by atoms with Gasteiger partial charge in [0.25, 0.3) is 0 Å². The summed E-state index contributed by atoms with van der Waals surface area (Å²) in [5.74, 6) is 0. The van der Waals surface area contributed by atoms with Gasteiger partial charge in [-0.25, -0.2) is 0 Å². The van der Waals surface area contributed by atoms with Crippen LogP contribution in [0.5, 0.6) is 0 Å². The topological polar surface area (TPSA) is 13.1 Å². The van der Waals surface area contributed by atoms with Gasteiger partial charge in [-0.05, 0) is 18.2 Å². The fourth-order valence-electron chi connectivity index (χ4n) is 1.78. The summed E-state index contributed by atoms with van der Waals surface area (Å²) >= 11 is 23.9. The van der Waals surface area contributed by atoms with Gasteiger partial charge in [0.1, 0.15) is 10.6 Å². The molecule has 0 N–H and O–H groups in total. The van der Waals surface area contributed by atoms with E-state index in [9.17, 15) is 0 Å². The van der Waals surface area contributed by atoms with Gasteiger partial charge in [-0.2, -0.15) is 0 Å². The number of furan rings is 1. The molecule has 3 aromatic rings. The van der Waals surface area contributed by atoms with Crippen LogP contribution in [0.25, 0.3) is 21.9 Å². The Kier molecular flexibility index (Phi) is 2.68. The van der Waals surface area contributed by atoms with Gasteiger partial charge in [-0.3, -0.25) is 0 Å². The first-order chi connectivity index (χ1) is 8.08. The van der Waals surface area contributed by atoms with Crippen LogP contribution < -0.4 is 0 Å². The third kappa shape index (κ3) is 1.69. The SMILES string of the molecule is Clc1cc2oc3c(Cl)c(Cl)ccc3c2cc1Cl. The second kappa shape index (κ2) is 3.96. The molecule has 0 bridgehead atoms. The lowest BCUT2D eigenvalue weighted by Crippen LogP contribution is -1.71. The van der Waals surface area contributed by atoms with Crippen LogP contribution in [0, 0.1) is 0 Å². The predicted octanol–water partition coefficient (Wildman–Crippen LogP) is 6.20. The van der Waals surface area contributed by atoms with Crippen LogP contribution in [-0.2, 0) is 0 Å². The number of hydrogen-bond acceptors (Lipinski definition) is 1. The second-order valence-corrected chi connectivity index (χ2v) is 5.20. The number of halogens is 4. The van der Waals surface area contributed by atoms with Gasteiger partial charge >= 0.3 is 0 Å². The van der Waals surface area contributed by atoms with Gasteiger partial charge in [-0.1, -0.05) is 46.4 Å². The van der Waals surface area contributed by atoms with E-state index in [0.717, 1.165) is 10.8 Å². The smallest absolute Gasteiger partial charge is 0.155 e. The van der Waals surface area contributed by atoms with Gasteiger partial charge in [0.05, 0.1) is 15.1 Å². The Labute approximate surface area is 117 Å². The van der Waals surface area contributed by atoms with Crippen molar-refractivity contribution in [3.8, 4) is 0 Å². The van der Waals surface area contributed by atoms with Crippen LogP contribution in [0.1, 0.15) is 0 Å². The average molecular weight is 306 g/mol. The van der Waals surface area contributed by atoms with Crippen LogP contribution >= 0.6 is 46.4 Å². The molecule has 5 heteroatoms. The molecule has 1 nitrogen and oxygen atoms in total. The van der Waals surface area contributed by atoms with Gasteiger partial charge in [0.15, 0.2) is 5.58 Å². The molecule has 2 aromatic carbocycles. The van der Waals surface area contributed by atoms with Crippen molar-refractivity contribution in [1.29, 1.82) is 0 Å². The third-order valence-corrected chi connectivity index (χ3v) is 4.08. The molecule has 0 spiro atoms. The van der Waals surface area contributed by atoms with E-state index >= 15 is 0 Å². The lowest BCUT2D eigenvalue weighted by atomic mass is 10.1. The van der Waals surface area contributed by atoms with E-state index in [0.29, 0.717) is 31.3 Å².